The lowest BCUT2D eigenvalue weighted by atomic mass is 9.77. The molecule has 0 spiro atoms. The van der Waals surface area contributed by atoms with Crippen molar-refractivity contribution in [3.05, 3.63) is 79.9 Å². The normalized spacial score (nSPS) is 10.9. The molecule has 10 nitrogen and oxygen atoms in total. The predicted octanol–water partition coefficient (Wildman–Crippen LogP) is 3.40. The second-order valence-electron chi connectivity index (χ2n) is 6.91. The van der Waals surface area contributed by atoms with Gasteiger partial charge in [-0.2, -0.15) is 0 Å². The van der Waals surface area contributed by atoms with Crippen LogP contribution in [0.2, 0.25) is 0 Å². The molecule has 2 aromatic rings. The summed E-state index contributed by atoms with van der Waals surface area (Å²) in [6.07, 6.45) is 0.694. The minimum atomic E-state index is -1.59. The summed E-state index contributed by atoms with van der Waals surface area (Å²) in [5.41, 5.74) is -0.299. The number of aryl methyl sites for hydroxylation is 2. The molecule has 0 bridgehead atoms. The molecule has 0 saturated carbocycles. The van der Waals surface area contributed by atoms with Crippen molar-refractivity contribution in [2.75, 3.05) is 14.2 Å². The van der Waals surface area contributed by atoms with E-state index in [1.54, 1.807) is 24.3 Å². The quantitative estimate of drug-likeness (QED) is 0.242. The first-order chi connectivity index (χ1) is 14.7. The van der Waals surface area contributed by atoms with Crippen LogP contribution in [-0.4, -0.2) is 36.0 Å². The first-order valence-corrected chi connectivity index (χ1v) is 9.37. The summed E-state index contributed by atoms with van der Waals surface area (Å²) >= 11 is 0. The monoisotopic (exact) mass is 430 g/mol. The lowest BCUT2D eigenvalue weighted by Gasteiger charge is -2.28. The van der Waals surface area contributed by atoms with Gasteiger partial charge in [-0.05, 0) is 36.8 Å². The molecule has 0 aliphatic heterocycles. The molecule has 0 amide bonds. The number of ether oxygens (including phenoxy) is 2. The average molecular weight is 430 g/mol. The number of nitrogens with zero attached hydrogens (tertiary/aromatic N) is 2. The van der Waals surface area contributed by atoms with Crippen molar-refractivity contribution in [1.29, 1.82) is 0 Å². The van der Waals surface area contributed by atoms with E-state index in [4.69, 9.17) is 9.47 Å². The maximum atomic E-state index is 12.7. The zero-order valence-electron chi connectivity index (χ0n) is 17.1. The fraction of sp³-hybridized carbons (Fsp3) is 0.333. The molecular weight excluding hydrogens is 408 g/mol. The smallest absolute Gasteiger partial charge is 0.323 e. The maximum Gasteiger partial charge on any atom is 0.323 e. The van der Waals surface area contributed by atoms with Gasteiger partial charge in [-0.3, -0.25) is 29.8 Å². The van der Waals surface area contributed by atoms with Gasteiger partial charge in [-0.15, -0.1) is 0 Å². The van der Waals surface area contributed by atoms with Gasteiger partial charge in [-0.1, -0.05) is 24.3 Å². The third-order valence-corrected chi connectivity index (χ3v) is 5.13. The van der Waals surface area contributed by atoms with E-state index in [9.17, 15) is 29.8 Å². The summed E-state index contributed by atoms with van der Waals surface area (Å²) in [5, 5.41) is 21.6. The van der Waals surface area contributed by atoms with Crippen molar-refractivity contribution in [3.63, 3.8) is 0 Å². The van der Waals surface area contributed by atoms with Gasteiger partial charge < -0.3 is 9.47 Å². The number of methoxy groups -OCH3 is 2. The Balaban J connectivity index is 2.24. The van der Waals surface area contributed by atoms with Crippen LogP contribution < -0.4 is 0 Å². The number of nitro groups is 2. The van der Waals surface area contributed by atoms with Gasteiger partial charge in [0.25, 0.3) is 11.4 Å². The molecule has 0 aromatic heterocycles. The third-order valence-electron chi connectivity index (χ3n) is 5.13. The van der Waals surface area contributed by atoms with Gasteiger partial charge in [0.1, 0.15) is 0 Å². The number of non-ortho nitro benzene ring substituents is 2. The summed E-state index contributed by atoms with van der Waals surface area (Å²) < 4.78 is 9.80. The van der Waals surface area contributed by atoms with E-state index in [2.05, 4.69) is 0 Å². The molecule has 2 rings (SSSR count). The molecule has 0 saturated heterocycles. The number of rotatable bonds is 10. The molecule has 10 heteroatoms. The molecule has 0 heterocycles. The Morgan fingerprint density at radius 1 is 0.742 bits per heavy atom. The molecular formula is C21H22N2O8. The van der Waals surface area contributed by atoms with Crippen molar-refractivity contribution >= 4 is 23.3 Å². The third kappa shape index (κ3) is 5.62. The first-order valence-electron chi connectivity index (χ1n) is 9.37. The van der Waals surface area contributed by atoms with Crippen LogP contribution in [0.1, 0.15) is 24.0 Å². The summed E-state index contributed by atoms with van der Waals surface area (Å²) in [5.74, 6) is -1.49. The van der Waals surface area contributed by atoms with Crippen molar-refractivity contribution < 1.29 is 28.9 Å². The Morgan fingerprint density at radius 3 is 1.32 bits per heavy atom. The van der Waals surface area contributed by atoms with E-state index in [0.29, 0.717) is 11.1 Å². The minimum absolute atomic E-state index is 0.0610. The highest BCUT2D eigenvalue weighted by atomic mass is 16.6. The van der Waals surface area contributed by atoms with E-state index in [0.717, 1.165) is 0 Å². The van der Waals surface area contributed by atoms with Gasteiger partial charge in [0.05, 0.1) is 24.1 Å². The van der Waals surface area contributed by atoms with Crippen LogP contribution in [0.5, 0.6) is 0 Å². The van der Waals surface area contributed by atoms with Gasteiger partial charge in [-0.25, -0.2) is 0 Å². The predicted molar refractivity (Wildman–Crippen MR) is 109 cm³/mol. The molecule has 0 aliphatic rings. The van der Waals surface area contributed by atoms with Crippen LogP contribution in [0.15, 0.2) is 48.5 Å². The fourth-order valence-electron chi connectivity index (χ4n) is 3.29. The largest absolute Gasteiger partial charge is 0.468 e. The van der Waals surface area contributed by atoms with E-state index in [-0.39, 0.29) is 37.1 Å². The Bertz CT molecular complexity index is 875. The second-order valence-corrected chi connectivity index (χ2v) is 6.91. The summed E-state index contributed by atoms with van der Waals surface area (Å²) in [4.78, 5) is 45.9. The van der Waals surface area contributed by atoms with Crippen molar-refractivity contribution in [3.8, 4) is 0 Å². The number of hydrogen-bond acceptors (Lipinski definition) is 8. The lowest BCUT2D eigenvalue weighted by Crippen LogP contribution is -2.42. The summed E-state index contributed by atoms with van der Waals surface area (Å²) in [7, 11) is 2.36. The standard InChI is InChI=1S/C21H22N2O8/c1-30-19(24)21(20(25)31-2,13-11-15-3-7-17(8-4-15)22(26)27)14-12-16-5-9-18(10-6-16)23(28)29/h3-10H,11-14H2,1-2H3. The van der Waals surface area contributed by atoms with E-state index >= 15 is 0 Å². The zero-order valence-corrected chi connectivity index (χ0v) is 17.1. The van der Waals surface area contributed by atoms with Crippen LogP contribution in [-0.2, 0) is 31.9 Å². The molecule has 31 heavy (non-hydrogen) atoms. The van der Waals surface area contributed by atoms with E-state index in [1.807, 2.05) is 0 Å². The van der Waals surface area contributed by atoms with Crippen LogP contribution in [0.3, 0.4) is 0 Å². The van der Waals surface area contributed by atoms with Gasteiger partial charge in [0, 0.05) is 24.3 Å². The fourth-order valence-corrected chi connectivity index (χ4v) is 3.29. The summed E-state index contributed by atoms with van der Waals surface area (Å²) in [6.45, 7) is 0. The second kappa shape index (κ2) is 10.3. The average Bonchev–Trinajstić information content (AvgIpc) is 2.78. The Labute approximate surface area is 178 Å². The Kier molecular flexibility index (Phi) is 7.78. The number of carbonyl (C=O) groups excluding carboxylic acids is 2. The number of benzene rings is 2. The molecule has 2 aromatic carbocycles. The molecule has 0 radical (unpaired) electrons. The number of carbonyl (C=O) groups is 2. The van der Waals surface area contributed by atoms with Gasteiger partial charge >= 0.3 is 11.9 Å². The maximum absolute atomic E-state index is 12.7. The van der Waals surface area contributed by atoms with Gasteiger partial charge in [0.15, 0.2) is 5.41 Å². The van der Waals surface area contributed by atoms with Crippen LogP contribution in [0.25, 0.3) is 0 Å². The first kappa shape index (κ1) is 23.5. The highest BCUT2D eigenvalue weighted by Crippen LogP contribution is 2.34. The zero-order chi connectivity index (χ0) is 23.0. The van der Waals surface area contributed by atoms with Crippen molar-refractivity contribution in [2.24, 2.45) is 5.41 Å². The van der Waals surface area contributed by atoms with Crippen LogP contribution in [0.4, 0.5) is 11.4 Å². The molecule has 0 unspecified atom stereocenters. The Hall–Kier alpha value is -3.82. The highest BCUT2D eigenvalue weighted by molar-refractivity contribution is 6.00. The summed E-state index contributed by atoms with van der Waals surface area (Å²) in [6, 6.07) is 11.7. The number of esters is 2. The van der Waals surface area contributed by atoms with Crippen molar-refractivity contribution in [2.45, 2.75) is 25.7 Å². The number of hydrogen-bond donors (Lipinski definition) is 0. The highest BCUT2D eigenvalue weighted by Gasteiger charge is 2.47. The SMILES string of the molecule is COC(=O)C(CCc1ccc([N+](=O)[O-])cc1)(CCc1ccc([N+](=O)[O-])cc1)C(=O)OC. The van der Waals surface area contributed by atoms with Crippen LogP contribution >= 0.6 is 0 Å². The topological polar surface area (TPSA) is 139 Å². The number of nitro benzene ring substituents is 2. The molecule has 0 fully saturated rings. The molecule has 0 aliphatic carbocycles. The lowest BCUT2D eigenvalue weighted by molar-refractivity contribution is -0.385. The molecule has 164 valence electrons. The molecule has 0 N–H and O–H groups in total. The molecule has 0 atom stereocenters. The van der Waals surface area contributed by atoms with Gasteiger partial charge in [0.2, 0.25) is 0 Å². The van der Waals surface area contributed by atoms with Crippen molar-refractivity contribution in [1.82, 2.24) is 0 Å². The van der Waals surface area contributed by atoms with E-state index in [1.165, 1.54) is 38.5 Å². The minimum Gasteiger partial charge on any atom is -0.468 e. The Morgan fingerprint density at radius 2 is 1.06 bits per heavy atom. The van der Waals surface area contributed by atoms with Crippen LogP contribution in [0, 0.1) is 25.6 Å². The van der Waals surface area contributed by atoms with E-state index < -0.39 is 27.2 Å².